The monoisotopic (exact) mass is 285 g/mol. The highest BCUT2D eigenvalue weighted by Crippen LogP contribution is 2.32. The van der Waals surface area contributed by atoms with Gasteiger partial charge in [-0.05, 0) is 37.1 Å². The molecule has 0 saturated heterocycles. The SMILES string of the molecule is Cc1cc(CCN)ccc1Sc1ncnc2nc[nH]c12. The molecule has 0 fully saturated rings. The van der Waals surface area contributed by atoms with E-state index in [1.54, 1.807) is 24.4 Å². The molecule has 20 heavy (non-hydrogen) atoms. The predicted octanol–water partition coefficient (Wildman–Crippen LogP) is 2.31. The molecule has 0 saturated carbocycles. The maximum Gasteiger partial charge on any atom is 0.181 e. The molecule has 2 heterocycles. The van der Waals surface area contributed by atoms with Crippen LogP contribution in [0.3, 0.4) is 0 Å². The number of nitrogens with two attached hydrogens (primary N) is 1. The van der Waals surface area contributed by atoms with Crippen molar-refractivity contribution in [2.75, 3.05) is 6.54 Å². The van der Waals surface area contributed by atoms with Crippen LogP contribution in [0.5, 0.6) is 0 Å². The Labute approximate surface area is 121 Å². The van der Waals surface area contributed by atoms with Gasteiger partial charge in [0.05, 0.1) is 6.33 Å². The van der Waals surface area contributed by atoms with E-state index < -0.39 is 0 Å². The molecule has 0 aliphatic rings. The number of H-pyrrole nitrogens is 1. The standard InChI is InChI=1S/C14H15N5S/c1-9-6-10(4-5-15)2-3-11(9)20-14-12-13(17-7-16-12)18-8-19-14/h2-3,6-8H,4-5,15H2,1H3,(H,16,17,18,19). The summed E-state index contributed by atoms with van der Waals surface area (Å²) in [4.78, 5) is 16.9. The van der Waals surface area contributed by atoms with Crippen LogP contribution in [0.2, 0.25) is 0 Å². The Balaban J connectivity index is 1.93. The van der Waals surface area contributed by atoms with Gasteiger partial charge in [0.2, 0.25) is 0 Å². The van der Waals surface area contributed by atoms with E-state index in [1.165, 1.54) is 16.0 Å². The molecular formula is C14H15N5S. The molecule has 0 radical (unpaired) electrons. The van der Waals surface area contributed by atoms with E-state index in [-0.39, 0.29) is 0 Å². The van der Waals surface area contributed by atoms with Crippen molar-refractivity contribution in [3.05, 3.63) is 42.0 Å². The van der Waals surface area contributed by atoms with Crippen molar-refractivity contribution >= 4 is 22.9 Å². The molecule has 6 heteroatoms. The van der Waals surface area contributed by atoms with Crippen molar-refractivity contribution < 1.29 is 0 Å². The van der Waals surface area contributed by atoms with Gasteiger partial charge in [-0.1, -0.05) is 23.9 Å². The lowest BCUT2D eigenvalue weighted by Crippen LogP contribution is -2.02. The summed E-state index contributed by atoms with van der Waals surface area (Å²) in [5, 5.41) is 0.891. The van der Waals surface area contributed by atoms with Crippen LogP contribution in [-0.4, -0.2) is 26.5 Å². The Kier molecular flexibility index (Phi) is 3.66. The molecule has 0 aliphatic heterocycles. The molecule has 1 aromatic carbocycles. The van der Waals surface area contributed by atoms with E-state index >= 15 is 0 Å². The first-order chi connectivity index (χ1) is 9.78. The number of benzene rings is 1. The zero-order valence-electron chi connectivity index (χ0n) is 11.1. The van der Waals surface area contributed by atoms with E-state index in [0.29, 0.717) is 12.2 Å². The van der Waals surface area contributed by atoms with Crippen molar-refractivity contribution in [2.45, 2.75) is 23.3 Å². The summed E-state index contributed by atoms with van der Waals surface area (Å²) < 4.78 is 0. The van der Waals surface area contributed by atoms with Crippen molar-refractivity contribution in [1.82, 2.24) is 19.9 Å². The molecule has 0 bridgehead atoms. The van der Waals surface area contributed by atoms with Gasteiger partial charge in [0.1, 0.15) is 16.9 Å². The Morgan fingerprint density at radius 3 is 2.95 bits per heavy atom. The van der Waals surface area contributed by atoms with Gasteiger partial charge in [0, 0.05) is 4.90 Å². The lowest BCUT2D eigenvalue weighted by Gasteiger charge is -2.07. The average molecular weight is 285 g/mol. The number of aromatic amines is 1. The first-order valence-electron chi connectivity index (χ1n) is 6.39. The van der Waals surface area contributed by atoms with Crippen molar-refractivity contribution in [1.29, 1.82) is 0 Å². The van der Waals surface area contributed by atoms with E-state index in [1.807, 2.05) is 0 Å². The summed E-state index contributed by atoms with van der Waals surface area (Å²) in [6.07, 6.45) is 4.09. The van der Waals surface area contributed by atoms with Gasteiger partial charge in [-0.15, -0.1) is 0 Å². The Hall–Kier alpha value is -1.92. The zero-order chi connectivity index (χ0) is 13.9. The summed E-state index contributed by atoms with van der Waals surface area (Å²) in [6, 6.07) is 6.42. The third kappa shape index (κ3) is 2.52. The second-order valence-electron chi connectivity index (χ2n) is 4.52. The van der Waals surface area contributed by atoms with Gasteiger partial charge in [-0.3, -0.25) is 0 Å². The number of rotatable bonds is 4. The molecule has 5 nitrogen and oxygen atoms in total. The van der Waals surface area contributed by atoms with Crippen molar-refractivity contribution in [3.63, 3.8) is 0 Å². The summed E-state index contributed by atoms with van der Waals surface area (Å²) >= 11 is 1.62. The number of imidazole rings is 1. The van der Waals surface area contributed by atoms with Crippen LogP contribution in [0.1, 0.15) is 11.1 Å². The van der Waals surface area contributed by atoms with Gasteiger partial charge >= 0.3 is 0 Å². The third-order valence-corrected chi connectivity index (χ3v) is 4.25. The minimum atomic E-state index is 0.673. The smallest absolute Gasteiger partial charge is 0.181 e. The molecule has 2 aromatic heterocycles. The summed E-state index contributed by atoms with van der Waals surface area (Å²) in [5.74, 6) is 0. The number of aryl methyl sites for hydroxylation is 1. The second kappa shape index (κ2) is 5.60. The van der Waals surface area contributed by atoms with Crippen LogP contribution >= 0.6 is 11.8 Å². The molecule has 3 aromatic rings. The van der Waals surface area contributed by atoms with Crippen LogP contribution in [0.4, 0.5) is 0 Å². The second-order valence-corrected chi connectivity index (χ2v) is 5.55. The number of hydrogen-bond donors (Lipinski definition) is 2. The van der Waals surface area contributed by atoms with Crippen LogP contribution in [0.25, 0.3) is 11.2 Å². The Morgan fingerprint density at radius 2 is 2.15 bits per heavy atom. The largest absolute Gasteiger partial charge is 0.341 e. The van der Waals surface area contributed by atoms with E-state index in [0.717, 1.165) is 17.0 Å². The fourth-order valence-corrected chi connectivity index (χ4v) is 2.99. The molecule has 3 N–H and O–H groups in total. The van der Waals surface area contributed by atoms with E-state index in [9.17, 15) is 0 Å². The number of nitrogens with one attached hydrogen (secondary N) is 1. The lowest BCUT2D eigenvalue weighted by atomic mass is 10.1. The van der Waals surface area contributed by atoms with Crippen LogP contribution in [0, 0.1) is 6.92 Å². The van der Waals surface area contributed by atoms with Gasteiger partial charge in [-0.25, -0.2) is 15.0 Å². The van der Waals surface area contributed by atoms with Crippen LogP contribution in [0.15, 0.2) is 40.8 Å². The first kappa shape index (κ1) is 13.1. The highest BCUT2D eigenvalue weighted by molar-refractivity contribution is 7.99. The minimum Gasteiger partial charge on any atom is -0.341 e. The third-order valence-electron chi connectivity index (χ3n) is 3.07. The molecule has 0 amide bonds. The molecule has 3 rings (SSSR count). The van der Waals surface area contributed by atoms with Gasteiger partial charge in [-0.2, -0.15) is 0 Å². The fourth-order valence-electron chi connectivity index (χ4n) is 2.07. The van der Waals surface area contributed by atoms with E-state index in [2.05, 4.69) is 45.1 Å². The van der Waals surface area contributed by atoms with Crippen molar-refractivity contribution in [2.24, 2.45) is 5.73 Å². The quantitative estimate of drug-likeness (QED) is 0.719. The van der Waals surface area contributed by atoms with Crippen molar-refractivity contribution in [3.8, 4) is 0 Å². The number of hydrogen-bond acceptors (Lipinski definition) is 5. The molecule has 102 valence electrons. The maximum absolute atomic E-state index is 5.59. The molecule has 0 aliphatic carbocycles. The topological polar surface area (TPSA) is 80.5 Å². The summed E-state index contributed by atoms with van der Waals surface area (Å²) in [6.45, 7) is 2.78. The van der Waals surface area contributed by atoms with Crippen LogP contribution in [-0.2, 0) is 6.42 Å². The minimum absolute atomic E-state index is 0.673. The summed E-state index contributed by atoms with van der Waals surface area (Å²) in [7, 11) is 0. The highest BCUT2D eigenvalue weighted by Gasteiger charge is 2.09. The van der Waals surface area contributed by atoms with Gasteiger partial charge in [0.15, 0.2) is 5.65 Å². The molecule has 0 spiro atoms. The fraction of sp³-hybridized carbons (Fsp3) is 0.214. The lowest BCUT2D eigenvalue weighted by molar-refractivity contribution is 0.962. The van der Waals surface area contributed by atoms with E-state index in [4.69, 9.17) is 5.73 Å². The average Bonchev–Trinajstić information content (AvgIpc) is 2.91. The Bertz CT molecular complexity index is 737. The number of nitrogens with zero attached hydrogens (tertiary/aromatic N) is 3. The summed E-state index contributed by atoms with van der Waals surface area (Å²) in [5.41, 5.74) is 9.66. The molecule has 0 atom stereocenters. The maximum atomic E-state index is 5.59. The Morgan fingerprint density at radius 1 is 1.25 bits per heavy atom. The highest BCUT2D eigenvalue weighted by atomic mass is 32.2. The number of aromatic nitrogens is 4. The number of fused-ring (bicyclic) bond motifs is 1. The zero-order valence-corrected chi connectivity index (χ0v) is 11.9. The van der Waals surface area contributed by atoms with Gasteiger partial charge < -0.3 is 10.7 Å². The van der Waals surface area contributed by atoms with Crippen LogP contribution < -0.4 is 5.73 Å². The predicted molar refractivity (Wildman–Crippen MR) is 79.7 cm³/mol. The first-order valence-corrected chi connectivity index (χ1v) is 7.21. The molecular weight excluding hydrogens is 270 g/mol. The normalized spacial score (nSPS) is 11.1. The molecule has 0 unspecified atom stereocenters. The van der Waals surface area contributed by atoms with Gasteiger partial charge in [0.25, 0.3) is 0 Å².